The van der Waals surface area contributed by atoms with Crippen LogP contribution in [0, 0.1) is 11.8 Å². The van der Waals surface area contributed by atoms with E-state index in [2.05, 4.69) is 12.2 Å². The van der Waals surface area contributed by atoms with E-state index < -0.39 is 11.8 Å². The largest absolute Gasteiger partial charge is 0.376 e. The highest BCUT2D eigenvalue weighted by atomic mass is 16.5. The standard InChI is InChI=1S/C19H30N2O4/c1-13-4-2-8-19(10-13)21(18(23)14-6-7-14)16(12-25-19)17(22)20-11-15-5-3-9-24-15/h13-16H,2-12H2,1H3,(H,20,22)/t13-,15+,16+,19+/m1/s1. The third-order valence-corrected chi connectivity index (χ3v) is 6.19. The predicted octanol–water partition coefficient (Wildman–Crippen LogP) is 1.83. The number of nitrogens with one attached hydrogen (secondary N) is 1. The lowest BCUT2D eigenvalue weighted by Gasteiger charge is -2.43. The van der Waals surface area contributed by atoms with Gasteiger partial charge in [-0.15, -0.1) is 0 Å². The molecule has 140 valence electrons. The number of amides is 2. The van der Waals surface area contributed by atoms with Crippen LogP contribution in [0.4, 0.5) is 0 Å². The van der Waals surface area contributed by atoms with E-state index in [-0.39, 0.29) is 23.8 Å². The first-order valence-corrected chi connectivity index (χ1v) is 9.95. The summed E-state index contributed by atoms with van der Waals surface area (Å²) in [4.78, 5) is 27.7. The molecule has 0 unspecified atom stereocenters. The van der Waals surface area contributed by atoms with Crippen LogP contribution in [-0.4, -0.2) is 54.3 Å². The van der Waals surface area contributed by atoms with E-state index in [1.165, 1.54) is 6.42 Å². The molecule has 0 aromatic heterocycles. The second kappa shape index (κ2) is 6.88. The van der Waals surface area contributed by atoms with Crippen LogP contribution in [-0.2, 0) is 19.1 Å². The molecule has 1 spiro atoms. The molecule has 4 aliphatic rings. The molecule has 6 nitrogen and oxygen atoms in total. The van der Waals surface area contributed by atoms with Gasteiger partial charge in [0.05, 0.1) is 12.7 Å². The van der Waals surface area contributed by atoms with Gasteiger partial charge in [0.2, 0.25) is 11.8 Å². The molecule has 0 aromatic carbocycles. The predicted molar refractivity (Wildman–Crippen MR) is 91.7 cm³/mol. The summed E-state index contributed by atoms with van der Waals surface area (Å²) in [6.07, 6.45) is 7.99. The topological polar surface area (TPSA) is 67.9 Å². The summed E-state index contributed by atoms with van der Waals surface area (Å²) in [5, 5.41) is 3.01. The molecule has 2 aliphatic carbocycles. The lowest BCUT2D eigenvalue weighted by Crippen LogP contribution is -2.58. The quantitative estimate of drug-likeness (QED) is 0.840. The maximum Gasteiger partial charge on any atom is 0.245 e. The van der Waals surface area contributed by atoms with Crippen LogP contribution in [0.2, 0.25) is 0 Å². The van der Waals surface area contributed by atoms with Crippen molar-refractivity contribution in [3.05, 3.63) is 0 Å². The van der Waals surface area contributed by atoms with E-state index >= 15 is 0 Å². The number of carbonyl (C=O) groups excluding carboxylic acids is 2. The van der Waals surface area contributed by atoms with Crippen molar-refractivity contribution in [1.82, 2.24) is 10.2 Å². The Kier molecular flexibility index (Phi) is 4.75. The first-order chi connectivity index (χ1) is 12.1. The highest BCUT2D eigenvalue weighted by Gasteiger charge is 2.55. The van der Waals surface area contributed by atoms with Crippen LogP contribution in [0.1, 0.15) is 58.3 Å². The molecule has 4 rings (SSSR count). The summed E-state index contributed by atoms with van der Waals surface area (Å²) in [6.45, 7) is 3.85. The number of ether oxygens (including phenoxy) is 2. The number of carbonyl (C=O) groups is 2. The fourth-order valence-electron chi connectivity index (χ4n) is 4.70. The van der Waals surface area contributed by atoms with Crippen molar-refractivity contribution in [2.24, 2.45) is 11.8 Å². The number of nitrogens with zero attached hydrogens (tertiary/aromatic N) is 1. The first-order valence-electron chi connectivity index (χ1n) is 9.95. The minimum absolute atomic E-state index is 0.0837. The van der Waals surface area contributed by atoms with Crippen molar-refractivity contribution in [3.8, 4) is 0 Å². The monoisotopic (exact) mass is 350 g/mol. The Labute approximate surface area is 149 Å². The fraction of sp³-hybridized carbons (Fsp3) is 0.895. The SMILES string of the molecule is C[C@@H]1CCC[C@@]2(C1)OC[C@@H](C(=O)NC[C@@H]1CCCO1)N2C(=O)C1CC1. The zero-order chi connectivity index (χ0) is 17.4. The molecule has 4 atom stereocenters. The maximum atomic E-state index is 13.0. The molecule has 2 saturated carbocycles. The molecule has 1 N–H and O–H groups in total. The summed E-state index contributed by atoms with van der Waals surface area (Å²) in [5.41, 5.74) is -0.552. The lowest BCUT2D eigenvalue weighted by atomic mass is 9.83. The second-order valence-electron chi connectivity index (χ2n) is 8.34. The van der Waals surface area contributed by atoms with Crippen molar-refractivity contribution in [3.63, 3.8) is 0 Å². The lowest BCUT2D eigenvalue weighted by molar-refractivity contribution is -0.164. The third kappa shape index (κ3) is 3.43. The Morgan fingerprint density at radius 3 is 2.72 bits per heavy atom. The molecule has 0 radical (unpaired) electrons. The molecular formula is C19H30N2O4. The Balaban J connectivity index is 1.47. The molecule has 2 heterocycles. The normalized spacial score (nSPS) is 38.3. The smallest absolute Gasteiger partial charge is 0.245 e. The molecule has 2 amide bonds. The van der Waals surface area contributed by atoms with Gasteiger partial charge >= 0.3 is 0 Å². The number of hydrogen-bond donors (Lipinski definition) is 1. The van der Waals surface area contributed by atoms with Gasteiger partial charge in [0.1, 0.15) is 11.8 Å². The molecular weight excluding hydrogens is 320 g/mol. The van der Waals surface area contributed by atoms with Gasteiger partial charge in [-0.1, -0.05) is 13.3 Å². The van der Waals surface area contributed by atoms with Crippen molar-refractivity contribution < 1.29 is 19.1 Å². The third-order valence-electron chi connectivity index (χ3n) is 6.19. The van der Waals surface area contributed by atoms with Crippen LogP contribution < -0.4 is 5.32 Å². The van der Waals surface area contributed by atoms with Crippen LogP contribution in [0.3, 0.4) is 0 Å². The van der Waals surface area contributed by atoms with Crippen LogP contribution in [0.25, 0.3) is 0 Å². The van der Waals surface area contributed by atoms with Gasteiger partial charge in [-0.25, -0.2) is 0 Å². The Bertz CT molecular complexity index is 530. The van der Waals surface area contributed by atoms with Crippen molar-refractivity contribution in [2.45, 2.75) is 76.2 Å². The molecule has 4 fully saturated rings. The average molecular weight is 350 g/mol. The first kappa shape index (κ1) is 17.3. The number of rotatable bonds is 4. The van der Waals surface area contributed by atoms with Gasteiger partial charge in [-0.3, -0.25) is 14.5 Å². The maximum absolute atomic E-state index is 13.0. The van der Waals surface area contributed by atoms with Crippen LogP contribution in [0.5, 0.6) is 0 Å². The van der Waals surface area contributed by atoms with Crippen molar-refractivity contribution >= 4 is 11.8 Å². The Morgan fingerprint density at radius 2 is 2.04 bits per heavy atom. The van der Waals surface area contributed by atoms with E-state index in [1.807, 2.05) is 4.90 Å². The Morgan fingerprint density at radius 1 is 1.20 bits per heavy atom. The second-order valence-corrected chi connectivity index (χ2v) is 8.34. The van der Waals surface area contributed by atoms with E-state index in [9.17, 15) is 9.59 Å². The van der Waals surface area contributed by atoms with Gasteiger partial charge < -0.3 is 14.8 Å². The van der Waals surface area contributed by atoms with E-state index in [1.54, 1.807) is 0 Å². The van der Waals surface area contributed by atoms with Gasteiger partial charge in [0, 0.05) is 19.1 Å². The summed E-state index contributed by atoms with van der Waals surface area (Å²) in [6, 6.07) is -0.486. The van der Waals surface area contributed by atoms with Gasteiger partial charge in [-0.05, 0) is 50.9 Å². The van der Waals surface area contributed by atoms with Crippen LogP contribution >= 0.6 is 0 Å². The fourth-order valence-corrected chi connectivity index (χ4v) is 4.70. The number of hydrogen-bond acceptors (Lipinski definition) is 4. The molecule has 2 saturated heterocycles. The average Bonchev–Trinajstić information content (AvgIpc) is 3.20. The summed E-state index contributed by atoms with van der Waals surface area (Å²) >= 11 is 0. The van der Waals surface area contributed by atoms with Gasteiger partial charge in [0.15, 0.2) is 0 Å². The van der Waals surface area contributed by atoms with E-state index in [0.29, 0.717) is 19.1 Å². The molecule has 2 aliphatic heterocycles. The zero-order valence-electron chi connectivity index (χ0n) is 15.2. The zero-order valence-corrected chi connectivity index (χ0v) is 15.2. The minimum atomic E-state index is -0.552. The molecule has 0 aromatic rings. The molecule has 6 heteroatoms. The summed E-state index contributed by atoms with van der Waals surface area (Å²) in [5.74, 6) is 0.671. The molecule has 25 heavy (non-hydrogen) atoms. The van der Waals surface area contributed by atoms with Gasteiger partial charge in [0.25, 0.3) is 0 Å². The van der Waals surface area contributed by atoms with Crippen LogP contribution in [0.15, 0.2) is 0 Å². The minimum Gasteiger partial charge on any atom is -0.376 e. The highest BCUT2D eigenvalue weighted by molar-refractivity contribution is 5.90. The molecule has 0 bridgehead atoms. The van der Waals surface area contributed by atoms with E-state index in [4.69, 9.17) is 9.47 Å². The summed E-state index contributed by atoms with van der Waals surface area (Å²) in [7, 11) is 0. The van der Waals surface area contributed by atoms with Crippen molar-refractivity contribution in [2.75, 3.05) is 19.8 Å². The highest BCUT2D eigenvalue weighted by Crippen LogP contribution is 2.45. The Hall–Kier alpha value is -1.14. The van der Waals surface area contributed by atoms with Crippen molar-refractivity contribution in [1.29, 1.82) is 0 Å². The van der Waals surface area contributed by atoms with Gasteiger partial charge in [-0.2, -0.15) is 0 Å². The van der Waals surface area contributed by atoms with E-state index in [0.717, 1.165) is 51.6 Å². The summed E-state index contributed by atoms with van der Waals surface area (Å²) < 4.78 is 11.8.